The third kappa shape index (κ3) is 4.18. The summed E-state index contributed by atoms with van der Waals surface area (Å²) in [6.07, 6.45) is -0.220. The van der Waals surface area contributed by atoms with E-state index in [-0.39, 0.29) is 23.7 Å². The molecule has 1 aromatic carbocycles. The molecule has 2 rings (SSSR count). The minimum absolute atomic E-state index is 0.220. The van der Waals surface area contributed by atoms with Crippen LogP contribution in [0.15, 0.2) is 40.8 Å². The Hall–Kier alpha value is -2.14. The van der Waals surface area contributed by atoms with Gasteiger partial charge in [0.2, 0.25) is 0 Å². The number of para-hydroxylation sites is 2. The molecule has 5 nitrogen and oxygen atoms in total. The molecule has 0 saturated carbocycles. The Morgan fingerprint density at radius 3 is 2.64 bits per heavy atom. The van der Waals surface area contributed by atoms with Gasteiger partial charge in [0.05, 0.1) is 19.5 Å². The molecule has 0 aliphatic rings. The Morgan fingerprint density at radius 2 is 2.00 bits per heavy atom. The molecule has 1 atom stereocenters. The van der Waals surface area contributed by atoms with E-state index >= 15 is 0 Å². The van der Waals surface area contributed by atoms with E-state index in [0.717, 1.165) is 0 Å². The first-order valence-electron chi connectivity index (χ1n) is 6.86. The van der Waals surface area contributed by atoms with Crippen LogP contribution in [-0.4, -0.2) is 25.7 Å². The molecule has 1 aromatic heterocycles. The maximum absolute atomic E-state index is 11.9. The highest BCUT2D eigenvalue weighted by atomic mass is 35.5. The molecule has 0 aliphatic heterocycles. The Morgan fingerprint density at radius 1 is 1.27 bits per heavy atom. The third-order valence-corrected chi connectivity index (χ3v) is 3.23. The van der Waals surface area contributed by atoms with Crippen molar-refractivity contribution >= 4 is 17.5 Å². The maximum atomic E-state index is 11.9. The number of nitrogens with one attached hydrogen (secondary N) is 1. The van der Waals surface area contributed by atoms with Crippen molar-refractivity contribution in [3.05, 3.63) is 47.9 Å². The fourth-order valence-corrected chi connectivity index (χ4v) is 2.01. The largest absolute Gasteiger partial charge is 0.493 e. The summed E-state index contributed by atoms with van der Waals surface area (Å²) in [5.41, 5.74) is 0. The summed E-state index contributed by atoms with van der Waals surface area (Å²) in [5.74, 6) is 2.02. The monoisotopic (exact) mass is 323 g/mol. The molecule has 2 aromatic rings. The summed E-state index contributed by atoms with van der Waals surface area (Å²) >= 11 is 5.63. The number of hydrogen-bond donors (Lipinski definition) is 1. The lowest BCUT2D eigenvalue weighted by Gasteiger charge is -2.17. The maximum Gasteiger partial charge on any atom is 0.287 e. The van der Waals surface area contributed by atoms with Crippen LogP contribution >= 0.6 is 11.6 Å². The van der Waals surface area contributed by atoms with E-state index in [1.165, 1.54) is 0 Å². The van der Waals surface area contributed by atoms with Crippen LogP contribution in [-0.2, 0) is 5.88 Å². The predicted octanol–water partition coefficient (Wildman–Crippen LogP) is 3.22. The molecule has 118 valence electrons. The lowest BCUT2D eigenvalue weighted by Crippen LogP contribution is -2.33. The molecule has 1 unspecified atom stereocenters. The SMILES string of the molecule is COc1ccccc1OC(C)CNC(=O)c1ccc(CCl)o1. The van der Waals surface area contributed by atoms with Crippen molar-refractivity contribution in [2.45, 2.75) is 18.9 Å². The highest BCUT2D eigenvalue weighted by Crippen LogP contribution is 2.26. The fourth-order valence-electron chi connectivity index (χ4n) is 1.87. The summed E-state index contributed by atoms with van der Waals surface area (Å²) in [4.78, 5) is 11.9. The van der Waals surface area contributed by atoms with Crippen molar-refractivity contribution in [2.24, 2.45) is 0 Å². The molecule has 0 spiro atoms. The number of rotatable bonds is 7. The van der Waals surface area contributed by atoms with Crippen molar-refractivity contribution in [3.63, 3.8) is 0 Å². The number of furan rings is 1. The number of benzene rings is 1. The van der Waals surface area contributed by atoms with Gasteiger partial charge in [-0.15, -0.1) is 11.6 Å². The summed E-state index contributed by atoms with van der Waals surface area (Å²) in [6, 6.07) is 10.6. The summed E-state index contributed by atoms with van der Waals surface area (Å²) in [7, 11) is 1.58. The highest BCUT2D eigenvalue weighted by molar-refractivity contribution is 6.16. The molecule has 0 aliphatic carbocycles. The molecule has 0 saturated heterocycles. The van der Waals surface area contributed by atoms with Gasteiger partial charge in [-0.1, -0.05) is 12.1 Å². The van der Waals surface area contributed by atoms with Gasteiger partial charge in [0.25, 0.3) is 5.91 Å². The number of methoxy groups -OCH3 is 1. The van der Waals surface area contributed by atoms with Crippen LogP contribution in [0, 0.1) is 0 Å². The van der Waals surface area contributed by atoms with E-state index in [0.29, 0.717) is 23.8 Å². The zero-order valence-corrected chi connectivity index (χ0v) is 13.2. The average molecular weight is 324 g/mol. The van der Waals surface area contributed by atoms with Gasteiger partial charge >= 0.3 is 0 Å². The van der Waals surface area contributed by atoms with Gasteiger partial charge in [0.1, 0.15) is 11.9 Å². The third-order valence-electron chi connectivity index (χ3n) is 2.96. The van der Waals surface area contributed by atoms with Crippen molar-refractivity contribution in [3.8, 4) is 11.5 Å². The van der Waals surface area contributed by atoms with E-state index in [4.69, 9.17) is 25.5 Å². The van der Waals surface area contributed by atoms with Crippen molar-refractivity contribution in [1.82, 2.24) is 5.32 Å². The van der Waals surface area contributed by atoms with E-state index in [2.05, 4.69) is 5.32 Å². The van der Waals surface area contributed by atoms with Gasteiger partial charge in [0, 0.05) is 0 Å². The van der Waals surface area contributed by atoms with Gasteiger partial charge in [-0.3, -0.25) is 4.79 Å². The lowest BCUT2D eigenvalue weighted by molar-refractivity contribution is 0.0902. The standard InChI is InChI=1S/C16H18ClNO4/c1-11(21-14-6-4-3-5-13(14)20-2)10-18-16(19)15-8-7-12(9-17)22-15/h3-8,11H,9-10H2,1-2H3,(H,18,19). The van der Waals surface area contributed by atoms with E-state index in [1.54, 1.807) is 19.2 Å². The second-order valence-corrected chi connectivity index (χ2v) is 4.96. The van der Waals surface area contributed by atoms with E-state index < -0.39 is 0 Å². The molecule has 0 bridgehead atoms. The second kappa shape index (κ2) is 7.75. The summed E-state index contributed by atoms with van der Waals surface area (Å²) in [6.45, 7) is 2.20. The number of alkyl halides is 1. The molecule has 1 N–H and O–H groups in total. The van der Waals surface area contributed by atoms with Crippen LogP contribution in [0.2, 0.25) is 0 Å². The van der Waals surface area contributed by atoms with Gasteiger partial charge < -0.3 is 19.2 Å². The number of ether oxygens (including phenoxy) is 2. The smallest absolute Gasteiger partial charge is 0.287 e. The van der Waals surface area contributed by atoms with E-state index in [9.17, 15) is 4.79 Å². The van der Waals surface area contributed by atoms with Crippen LogP contribution in [0.4, 0.5) is 0 Å². The van der Waals surface area contributed by atoms with Crippen molar-refractivity contribution in [2.75, 3.05) is 13.7 Å². The van der Waals surface area contributed by atoms with Crippen LogP contribution < -0.4 is 14.8 Å². The number of halogens is 1. The zero-order chi connectivity index (χ0) is 15.9. The zero-order valence-electron chi connectivity index (χ0n) is 12.5. The number of hydrogen-bond acceptors (Lipinski definition) is 4. The Labute approximate surface area is 134 Å². The molecule has 22 heavy (non-hydrogen) atoms. The van der Waals surface area contributed by atoms with Gasteiger partial charge in [-0.05, 0) is 31.2 Å². The van der Waals surface area contributed by atoms with Crippen LogP contribution in [0.1, 0.15) is 23.2 Å². The average Bonchev–Trinajstić information content (AvgIpc) is 3.02. The molecule has 0 radical (unpaired) electrons. The summed E-state index contributed by atoms with van der Waals surface area (Å²) < 4.78 is 16.3. The molecule has 1 amide bonds. The fraction of sp³-hybridized carbons (Fsp3) is 0.312. The van der Waals surface area contributed by atoms with Gasteiger partial charge in [-0.2, -0.15) is 0 Å². The highest BCUT2D eigenvalue weighted by Gasteiger charge is 2.13. The molecular formula is C16H18ClNO4. The Bertz CT molecular complexity index is 626. The van der Waals surface area contributed by atoms with Crippen LogP contribution in [0.3, 0.4) is 0 Å². The number of carbonyl (C=O) groups excluding carboxylic acids is 1. The van der Waals surface area contributed by atoms with Crippen molar-refractivity contribution < 1.29 is 18.7 Å². The lowest BCUT2D eigenvalue weighted by atomic mass is 10.3. The minimum atomic E-state index is -0.299. The Balaban J connectivity index is 1.87. The van der Waals surface area contributed by atoms with Crippen LogP contribution in [0.25, 0.3) is 0 Å². The molecule has 0 fully saturated rings. The first kappa shape index (κ1) is 16.2. The normalized spacial score (nSPS) is 11.8. The van der Waals surface area contributed by atoms with Gasteiger partial charge in [0.15, 0.2) is 17.3 Å². The second-order valence-electron chi connectivity index (χ2n) is 4.69. The first-order chi connectivity index (χ1) is 10.6. The van der Waals surface area contributed by atoms with Crippen molar-refractivity contribution in [1.29, 1.82) is 0 Å². The number of amides is 1. The van der Waals surface area contributed by atoms with Crippen LogP contribution in [0.5, 0.6) is 11.5 Å². The topological polar surface area (TPSA) is 60.7 Å². The minimum Gasteiger partial charge on any atom is -0.493 e. The Kier molecular flexibility index (Phi) is 5.72. The first-order valence-corrected chi connectivity index (χ1v) is 7.40. The van der Waals surface area contributed by atoms with Gasteiger partial charge in [-0.25, -0.2) is 0 Å². The molecule has 1 heterocycles. The quantitative estimate of drug-likeness (QED) is 0.795. The molecular weight excluding hydrogens is 306 g/mol. The summed E-state index contributed by atoms with van der Waals surface area (Å²) in [5, 5.41) is 2.75. The van der Waals surface area contributed by atoms with E-state index in [1.807, 2.05) is 31.2 Å². The molecule has 6 heteroatoms. The number of carbonyl (C=O) groups is 1. The predicted molar refractivity (Wildman–Crippen MR) is 83.7 cm³/mol.